The fourth-order valence-corrected chi connectivity index (χ4v) is 4.14. The van der Waals surface area contributed by atoms with Crippen LogP contribution in [0.15, 0.2) is 47.6 Å². The Balaban J connectivity index is 1.40. The average Bonchev–Trinajstić information content (AvgIpc) is 2.82. The molecule has 0 bridgehead atoms. The molecular formula is C25H29Cl2N3O3. The van der Waals surface area contributed by atoms with Crippen molar-refractivity contribution in [1.29, 1.82) is 0 Å². The smallest absolute Gasteiger partial charge is 0.240 e. The predicted octanol–water partition coefficient (Wildman–Crippen LogP) is 6.21. The van der Waals surface area contributed by atoms with E-state index >= 15 is 0 Å². The van der Waals surface area contributed by atoms with Crippen molar-refractivity contribution in [3.05, 3.63) is 58.1 Å². The first-order chi connectivity index (χ1) is 15.9. The zero-order chi connectivity index (χ0) is 23.6. The summed E-state index contributed by atoms with van der Waals surface area (Å²) in [5, 5.41) is 8.15. The summed E-state index contributed by atoms with van der Waals surface area (Å²) in [7, 11) is 0. The lowest BCUT2D eigenvalue weighted by Crippen LogP contribution is -2.24. The zero-order valence-electron chi connectivity index (χ0n) is 18.7. The normalized spacial score (nSPS) is 14.6. The number of carbonyl (C=O) groups is 2. The standard InChI is InChI=1S/C25H29Cl2N3O3/c1-17(18-9-12-21(13-10-18)28-25(32)19-6-3-2-4-7-19)29-30-24(31)8-5-15-33-23-14-11-20(26)16-22(23)27/h9-14,16,19H,2-8,15H2,1H3,(H,28,32)(H,30,31). The summed E-state index contributed by atoms with van der Waals surface area (Å²) in [6.07, 6.45) is 6.21. The summed E-state index contributed by atoms with van der Waals surface area (Å²) in [4.78, 5) is 24.4. The molecule has 2 amide bonds. The maximum Gasteiger partial charge on any atom is 0.240 e. The van der Waals surface area contributed by atoms with Gasteiger partial charge in [0.05, 0.1) is 17.3 Å². The first kappa shape index (κ1) is 25.1. The van der Waals surface area contributed by atoms with Crippen LogP contribution < -0.4 is 15.5 Å². The maximum atomic E-state index is 12.4. The summed E-state index contributed by atoms with van der Waals surface area (Å²) >= 11 is 11.9. The molecule has 1 fully saturated rings. The third kappa shape index (κ3) is 8.06. The van der Waals surface area contributed by atoms with Crippen molar-refractivity contribution >= 4 is 46.4 Å². The van der Waals surface area contributed by atoms with E-state index in [9.17, 15) is 9.59 Å². The fraction of sp³-hybridized carbons (Fsp3) is 0.400. The molecule has 33 heavy (non-hydrogen) atoms. The first-order valence-electron chi connectivity index (χ1n) is 11.2. The average molecular weight is 490 g/mol. The highest BCUT2D eigenvalue weighted by atomic mass is 35.5. The van der Waals surface area contributed by atoms with Gasteiger partial charge >= 0.3 is 0 Å². The number of ether oxygens (including phenoxy) is 1. The van der Waals surface area contributed by atoms with Gasteiger partial charge in [-0.05, 0) is 62.1 Å². The van der Waals surface area contributed by atoms with Gasteiger partial charge in [-0.3, -0.25) is 9.59 Å². The number of hydrazone groups is 1. The van der Waals surface area contributed by atoms with Gasteiger partial charge in [0.1, 0.15) is 5.75 Å². The number of amides is 2. The quantitative estimate of drug-likeness (QED) is 0.249. The van der Waals surface area contributed by atoms with Crippen LogP contribution in [0.5, 0.6) is 5.75 Å². The second-order valence-electron chi connectivity index (χ2n) is 8.16. The number of hydrogen-bond acceptors (Lipinski definition) is 4. The summed E-state index contributed by atoms with van der Waals surface area (Å²) in [5.74, 6) is 0.554. The highest BCUT2D eigenvalue weighted by Crippen LogP contribution is 2.27. The van der Waals surface area contributed by atoms with E-state index in [0.29, 0.717) is 34.5 Å². The third-order valence-electron chi connectivity index (χ3n) is 5.59. The molecule has 6 nitrogen and oxygen atoms in total. The molecule has 0 aliphatic heterocycles. The Labute approximate surface area is 204 Å². The highest BCUT2D eigenvalue weighted by molar-refractivity contribution is 6.35. The van der Waals surface area contributed by atoms with Gasteiger partial charge in [0, 0.05) is 23.0 Å². The molecule has 0 heterocycles. The lowest BCUT2D eigenvalue weighted by atomic mass is 9.88. The van der Waals surface area contributed by atoms with E-state index in [1.807, 2.05) is 31.2 Å². The van der Waals surface area contributed by atoms with Crippen LogP contribution in [0.2, 0.25) is 10.0 Å². The van der Waals surface area contributed by atoms with Gasteiger partial charge in [-0.1, -0.05) is 54.6 Å². The van der Waals surface area contributed by atoms with Crippen molar-refractivity contribution in [2.75, 3.05) is 11.9 Å². The molecule has 1 aliphatic carbocycles. The van der Waals surface area contributed by atoms with Crippen LogP contribution >= 0.6 is 23.2 Å². The number of benzene rings is 2. The van der Waals surface area contributed by atoms with Gasteiger partial charge in [0.15, 0.2) is 0 Å². The Morgan fingerprint density at radius 1 is 1.06 bits per heavy atom. The largest absolute Gasteiger partial charge is 0.492 e. The molecular weight excluding hydrogens is 461 g/mol. The molecule has 2 N–H and O–H groups in total. The number of nitrogens with zero attached hydrogens (tertiary/aromatic N) is 1. The summed E-state index contributed by atoms with van der Waals surface area (Å²) in [6.45, 7) is 2.17. The topological polar surface area (TPSA) is 79.8 Å². The van der Waals surface area contributed by atoms with E-state index in [0.717, 1.165) is 36.9 Å². The van der Waals surface area contributed by atoms with Crippen LogP contribution in [0.3, 0.4) is 0 Å². The van der Waals surface area contributed by atoms with E-state index in [2.05, 4.69) is 15.8 Å². The molecule has 2 aromatic rings. The van der Waals surface area contributed by atoms with Gasteiger partial charge in [-0.25, -0.2) is 5.43 Å². The minimum Gasteiger partial charge on any atom is -0.492 e. The fourth-order valence-electron chi connectivity index (χ4n) is 3.68. The van der Waals surface area contributed by atoms with Crippen molar-refractivity contribution in [2.45, 2.75) is 51.9 Å². The van der Waals surface area contributed by atoms with Gasteiger partial charge < -0.3 is 10.1 Å². The van der Waals surface area contributed by atoms with Crippen LogP contribution in [0.25, 0.3) is 0 Å². The molecule has 3 rings (SSSR count). The molecule has 176 valence electrons. The van der Waals surface area contributed by atoms with Gasteiger partial charge in [-0.15, -0.1) is 0 Å². The Kier molecular flexibility index (Phi) is 9.58. The summed E-state index contributed by atoms with van der Waals surface area (Å²) in [6, 6.07) is 12.5. The van der Waals surface area contributed by atoms with Crippen LogP contribution in [-0.2, 0) is 9.59 Å². The second-order valence-corrected chi connectivity index (χ2v) is 9.00. The summed E-state index contributed by atoms with van der Waals surface area (Å²) in [5.41, 5.74) is 4.88. The molecule has 0 radical (unpaired) electrons. The maximum absolute atomic E-state index is 12.4. The molecule has 0 aromatic heterocycles. The molecule has 1 saturated carbocycles. The van der Waals surface area contributed by atoms with Crippen LogP contribution in [0, 0.1) is 5.92 Å². The number of rotatable bonds is 9. The van der Waals surface area contributed by atoms with Crippen LogP contribution in [0.4, 0.5) is 5.69 Å². The Bertz CT molecular complexity index is 987. The Morgan fingerprint density at radius 2 is 1.79 bits per heavy atom. The monoisotopic (exact) mass is 489 g/mol. The molecule has 1 aliphatic rings. The third-order valence-corrected chi connectivity index (χ3v) is 6.12. The predicted molar refractivity (Wildman–Crippen MR) is 133 cm³/mol. The number of nitrogens with one attached hydrogen (secondary N) is 2. The Hall–Kier alpha value is -2.57. The van der Waals surface area contributed by atoms with E-state index in [1.54, 1.807) is 18.2 Å². The molecule has 0 saturated heterocycles. The molecule has 8 heteroatoms. The molecule has 2 aromatic carbocycles. The van der Waals surface area contributed by atoms with Crippen molar-refractivity contribution < 1.29 is 14.3 Å². The summed E-state index contributed by atoms with van der Waals surface area (Å²) < 4.78 is 5.58. The van der Waals surface area contributed by atoms with Gasteiger partial charge in [-0.2, -0.15) is 5.10 Å². The number of halogens is 2. The molecule has 0 unspecified atom stereocenters. The van der Waals surface area contributed by atoms with E-state index < -0.39 is 0 Å². The Morgan fingerprint density at radius 3 is 2.48 bits per heavy atom. The lowest BCUT2D eigenvalue weighted by Gasteiger charge is -2.20. The molecule has 0 spiro atoms. The minimum absolute atomic E-state index is 0.0995. The SMILES string of the molecule is CC(=NNC(=O)CCCOc1ccc(Cl)cc1Cl)c1ccc(NC(=O)C2CCCCC2)cc1. The van der Waals surface area contributed by atoms with Crippen molar-refractivity contribution in [3.63, 3.8) is 0 Å². The van der Waals surface area contributed by atoms with Crippen molar-refractivity contribution in [3.8, 4) is 5.75 Å². The minimum atomic E-state index is -0.198. The van der Waals surface area contributed by atoms with Crippen molar-refractivity contribution in [2.24, 2.45) is 11.0 Å². The number of anilines is 1. The second kappa shape index (κ2) is 12.6. The van der Waals surface area contributed by atoms with Crippen molar-refractivity contribution in [1.82, 2.24) is 5.43 Å². The number of carbonyl (C=O) groups excluding carboxylic acids is 2. The van der Waals surface area contributed by atoms with Crippen LogP contribution in [-0.4, -0.2) is 24.1 Å². The highest BCUT2D eigenvalue weighted by Gasteiger charge is 2.20. The van der Waals surface area contributed by atoms with E-state index in [4.69, 9.17) is 27.9 Å². The molecule has 0 atom stereocenters. The van der Waals surface area contributed by atoms with Gasteiger partial charge in [0.2, 0.25) is 11.8 Å². The van der Waals surface area contributed by atoms with Gasteiger partial charge in [0.25, 0.3) is 0 Å². The zero-order valence-corrected chi connectivity index (χ0v) is 20.2. The lowest BCUT2D eigenvalue weighted by molar-refractivity contribution is -0.121. The van der Waals surface area contributed by atoms with E-state index in [1.165, 1.54) is 6.42 Å². The first-order valence-corrected chi connectivity index (χ1v) is 12.0. The number of hydrogen-bond donors (Lipinski definition) is 2. The van der Waals surface area contributed by atoms with E-state index in [-0.39, 0.29) is 24.2 Å². The van der Waals surface area contributed by atoms with Crippen LogP contribution in [0.1, 0.15) is 57.4 Å².